The topological polar surface area (TPSA) is 78.9 Å². The maximum absolute atomic E-state index is 11.9. The van der Waals surface area contributed by atoms with Crippen molar-refractivity contribution in [3.63, 3.8) is 0 Å². The second-order valence-electron chi connectivity index (χ2n) is 5.04. The van der Waals surface area contributed by atoms with Crippen molar-refractivity contribution >= 4 is 12.0 Å². The Kier molecular flexibility index (Phi) is 4.95. The SMILES string of the molecule is CCOC(C)(C)CNC(=O)N1CCCC1C(=O)O. The van der Waals surface area contributed by atoms with Crippen LogP contribution in [0.5, 0.6) is 0 Å². The summed E-state index contributed by atoms with van der Waals surface area (Å²) in [6.07, 6.45) is 1.26. The zero-order chi connectivity index (χ0) is 13.8. The highest BCUT2D eigenvalue weighted by Gasteiger charge is 2.34. The Morgan fingerprint density at radius 2 is 2.17 bits per heavy atom. The minimum Gasteiger partial charge on any atom is -0.480 e. The van der Waals surface area contributed by atoms with E-state index in [9.17, 15) is 9.59 Å². The molecule has 0 aromatic carbocycles. The van der Waals surface area contributed by atoms with Crippen molar-refractivity contribution < 1.29 is 19.4 Å². The van der Waals surface area contributed by atoms with Crippen LogP contribution in [0, 0.1) is 0 Å². The molecular weight excluding hydrogens is 236 g/mol. The number of carboxylic acid groups (broad SMARTS) is 1. The van der Waals surface area contributed by atoms with Gasteiger partial charge in [0.25, 0.3) is 0 Å². The standard InChI is InChI=1S/C12H22N2O4/c1-4-18-12(2,3)8-13-11(17)14-7-5-6-9(14)10(15)16/h9H,4-8H2,1-3H3,(H,13,17)(H,15,16). The monoisotopic (exact) mass is 258 g/mol. The smallest absolute Gasteiger partial charge is 0.326 e. The number of carbonyl (C=O) groups excluding carboxylic acids is 1. The number of hydrogen-bond donors (Lipinski definition) is 2. The molecule has 1 heterocycles. The lowest BCUT2D eigenvalue weighted by Crippen LogP contribution is -2.49. The fraction of sp³-hybridized carbons (Fsp3) is 0.833. The zero-order valence-corrected chi connectivity index (χ0v) is 11.2. The summed E-state index contributed by atoms with van der Waals surface area (Å²) in [6.45, 7) is 7.10. The van der Waals surface area contributed by atoms with Crippen LogP contribution in [0.1, 0.15) is 33.6 Å². The van der Waals surface area contributed by atoms with E-state index in [1.807, 2.05) is 20.8 Å². The number of aliphatic carboxylic acids is 1. The molecule has 1 aliphatic heterocycles. The van der Waals surface area contributed by atoms with Crippen molar-refractivity contribution in [3.05, 3.63) is 0 Å². The van der Waals surface area contributed by atoms with Crippen molar-refractivity contribution in [1.29, 1.82) is 0 Å². The van der Waals surface area contributed by atoms with Gasteiger partial charge < -0.3 is 20.1 Å². The van der Waals surface area contributed by atoms with Gasteiger partial charge in [-0.2, -0.15) is 0 Å². The van der Waals surface area contributed by atoms with Crippen LogP contribution in [0.2, 0.25) is 0 Å². The highest BCUT2D eigenvalue weighted by atomic mass is 16.5. The van der Waals surface area contributed by atoms with Crippen molar-refractivity contribution in [1.82, 2.24) is 10.2 Å². The van der Waals surface area contributed by atoms with Gasteiger partial charge in [-0.1, -0.05) is 0 Å². The normalized spacial score (nSPS) is 19.9. The largest absolute Gasteiger partial charge is 0.480 e. The molecular formula is C12H22N2O4. The second kappa shape index (κ2) is 6.04. The summed E-state index contributed by atoms with van der Waals surface area (Å²) in [7, 11) is 0. The minimum absolute atomic E-state index is 0.326. The highest BCUT2D eigenvalue weighted by molar-refractivity contribution is 5.83. The van der Waals surface area contributed by atoms with Crippen LogP contribution in [-0.4, -0.2) is 53.3 Å². The first kappa shape index (κ1) is 14.8. The van der Waals surface area contributed by atoms with Gasteiger partial charge in [-0.05, 0) is 33.6 Å². The number of carbonyl (C=O) groups is 2. The molecule has 2 amide bonds. The summed E-state index contributed by atoms with van der Waals surface area (Å²) in [6, 6.07) is -1.02. The number of urea groups is 1. The van der Waals surface area contributed by atoms with Gasteiger partial charge in [-0.25, -0.2) is 9.59 Å². The van der Waals surface area contributed by atoms with Crippen LogP contribution in [0.25, 0.3) is 0 Å². The van der Waals surface area contributed by atoms with E-state index in [4.69, 9.17) is 9.84 Å². The number of likely N-dealkylation sites (tertiary alicyclic amines) is 1. The molecule has 6 nitrogen and oxygen atoms in total. The lowest BCUT2D eigenvalue weighted by atomic mass is 10.1. The fourth-order valence-electron chi connectivity index (χ4n) is 2.10. The van der Waals surface area contributed by atoms with Crippen molar-refractivity contribution in [2.45, 2.75) is 45.3 Å². The van der Waals surface area contributed by atoms with Crippen LogP contribution < -0.4 is 5.32 Å². The summed E-state index contributed by atoms with van der Waals surface area (Å²) in [5, 5.41) is 11.7. The van der Waals surface area contributed by atoms with Crippen molar-refractivity contribution in [2.75, 3.05) is 19.7 Å². The van der Waals surface area contributed by atoms with E-state index in [1.165, 1.54) is 4.90 Å². The summed E-state index contributed by atoms with van der Waals surface area (Å²) in [5.41, 5.74) is -0.442. The van der Waals surface area contributed by atoms with E-state index in [1.54, 1.807) is 0 Å². The highest BCUT2D eigenvalue weighted by Crippen LogP contribution is 2.17. The number of rotatable bonds is 5. The fourth-order valence-corrected chi connectivity index (χ4v) is 2.10. The first-order chi connectivity index (χ1) is 8.37. The second-order valence-corrected chi connectivity index (χ2v) is 5.04. The summed E-state index contributed by atoms with van der Waals surface area (Å²) in [4.78, 5) is 24.3. The minimum atomic E-state index is -0.938. The van der Waals surface area contributed by atoms with Gasteiger partial charge in [0.1, 0.15) is 6.04 Å². The molecule has 1 saturated heterocycles. The quantitative estimate of drug-likeness (QED) is 0.773. The molecule has 0 radical (unpaired) electrons. The third kappa shape index (κ3) is 3.87. The van der Waals surface area contributed by atoms with Crippen LogP contribution in [0.3, 0.4) is 0 Å². The zero-order valence-electron chi connectivity index (χ0n) is 11.2. The Morgan fingerprint density at radius 3 is 2.72 bits per heavy atom. The summed E-state index contributed by atoms with van der Waals surface area (Å²) in [5.74, 6) is -0.938. The third-order valence-electron chi connectivity index (χ3n) is 3.00. The molecule has 1 unspecified atom stereocenters. The lowest BCUT2D eigenvalue weighted by molar-refractivity contribution is -0.141. The van der Waals surface area contributed by atoms with Gasteiger partial charge in [0.15, 0.2) is 0 Å². The predicted molar refractivity (Wildman–Crippen MR) is 66.5 cm³/mol. The average molecular weight is 258 g/mol. The molecule has 0 aromatic rings. The van der Waals surface area contributed by atoms with Gasteiger partial charge in [0.2, 0.25) is 0 Å². The average Bonchev–Trinajstić information content (AvgIpc) is 2.74. The molecule has 0 saturated carbocycles. The van der Waals surface area contributed by atoms with Crippen molar-refractivity contribution in [3.8, 4) is 0 Å². The maximum Gasteiger partial charge on any atom is 0.326 e. The number of carboxylic acids is 1. The van der Waals surface area contributed by atoms with E-state index in [0.717, 1.165) is 6.42 Å². The van der Waals surface area contributed by atoms with E-state index >= 15 is 0 Å². The van der Waals surface area contributed by atoms with Gasteiger partial charge in [0.05, 0.1) is 5.60 Å². The van der Waals surface area contributed by atoms with E-state index < -0.39 is 17.6 Å². The number of amides is 2. The Balaban J connectivity index is 2.48. The molecule has 1 aliphatic rings. The number of nitrogens with zero attached hydrogens (tertiary/aromatic N) is 1. The Hall–Kier alpha value is -1.30. The Labute approximate surface area is 107 Å². The first-order valence-corrected chi connectivity index (χ1v) is 6.28. The van der Waals surface area contributed by atoms with E-state index in [2.05, 4.69) is 5.32 Å². The van der Waals surface area contributed by atoms with Crippen molar-refractivity contribution in [2.24, 2.45) is 0 Å². The first-order valence-electron chi connectivity index (χ1n) is 6.28. The molecule has 2 N–H and O–H groups in total. The molecule has 1 rings (SSSR count). The molecule has 1 fully saturated rings. The van der Waals surface area contributed by atoms with Gasteiger partial charge in [-0.3, -0.25) is 0 Å². The molecule has 0 aromatic heterocycles. The summed E-state index contributed by atoms with van der Waals surface area (Å²) >= 11 is 0. The number of nitrogens with one attached hydrogen (secondary N) is 1. The summed E-state index contributed by atoms with van der Waals surface area (Å²) < 4.78 is 5.47. The van der Waals surface area contributed by atoms with Crippen LogP contribution >= 0.6 is 0 Å². The lowest BCUT2D eigenvalue weighted by Gasteiger charge is -2.27. The Morgan fingerprint density at radius 1 is 1.50 bits per heavy atom. The molecule has 104 valence electrons. The van der Waals surface area contributed by atoms with Crippen LogP contribution in [0.4, 0.5) is 4.79 Å². The third-order valence-corrected chi connectivity index (χ3v) is 3.00. The molecule has 18 heavy (non-hydrogen) atoms. The molecule has 1 atom stereocenters. The predicted octanol–water partition coefficient (Wildman–Crippen LogP) is 1.06. The van der Waals surface area contributed by atoms with Gasteiger partial charge >= 0.3 is 12.0 Å². The molecule has 6 heteroatoms. The van der Waals surface area contributed by atoms with Gasteiger partial charge in [-0.15, -0.1) is 0 Å². The molecule has 0 aliphatic carbocycles. The van der Waals surface area contributed by atoms with Gasteiger partial charge in [0, 0.05) is 19.7 Å². The number of hydrogen-bond acceptors (Lipinski definition) is 3. The molecule has 0 bridgehead atoms. The Bertz CT molecular complexity index is 317. The number of ether oxygens (including phenoxy) is 1. The molecule has 0 spiro atoms. The van der Waals surface area contributed by atoms with E-state index in [-0.39, 0.29) is 6.03 Å². The van der Waals surface area contributed by atoms with Crippen LogP contribution in [0.15, 0.2) is 0 Å². The van der Waals surface area contributed by atoms with E-state index in [0.29, 0.717) is 26.1 Å². The van der Waals surface area contributed by atoms with Crippen LogP contribution in [-0.2, 0) is 9.53 Å². The maximum atomic E-state index is 11.9.